The van der Waals surface area contributed by atoms with Crippen LogP contribution in [0.1, 0.15) is 18.1 Å². The summed E-state index contributed by atoms with van der Waals surface area (Å²) in [6.07, 6.45) is 0. The second kappa shape index (κ2) is 8.48. The minimum Gasteiger partial charge on any atom is -0.497 e. The molecule has 122 valence electrons. The maximum Gasteiger partial charge on any atom is 0.235 e. The van der Waals surface area contributed by atoms with E-state index in [9.17, 15) is 9.00 Å². The van der Waals surface area contributed by atoms with Gasteiger partial charge in [-0.15, -0.1) is 0 Å². The summed E-state index contributed by atoms with van der Waals surface area (Å²) in [5.74, 6) is 0.854. The van der Waals surface area contributed by atoms with Crippen molar-refractivity contribution < 1.29 is 13.7 Å². The van der Waals surface area contributed by atoms with Crippen LogP contribution in [0.5, 0.6) is 5.75 Å². The Morgan fingerprint density at radius 1 is 1.13 bits per heavy atom. The number of amides is 1. The maximum absolute atomic E-state index is 12.4. The predicted octanol–water partition coefficient (Wildman–Crippen LogP) is 2.65. The van der Waals surface area contributed by atoms with Crippen LogP contribution in [0, 0.1) is 0 Å². The molecule has 1 amide bonds. The molecule has 23 heavy (non-hydrogen) atoms. The number of ether oxygens (including phenoxy) is 1. The molecule has 0 aliphatic carbocycles. The largest absolute Gasteiger partial charge is 0.497 e. The molecule has 2 unspecified atom stereocenters. The summed E-state index contributed by atoms with van der Waals surface area (Å²) in [5.41, 5.74) is 1.91. The van der Waals surface area contributed by atoms with E-state index in [-0.39, 0.29) is 5.91 Å². The molecule has 4 nitrogen and oxygen atoms in total. The Bertz CT molecular complexity index is 673. The molecule has 0 bridgehead atoms. The van der Waals surface area contributed by atoms with E-state index in [1.165, 1.54) is 0 Å². The van der Waals surface area contributed by atoms with Gasteiger partial charge in [0.15, 0.2) is 0 Å². The molecule has 1 N–H and O–H groups in total. The fourth-order valence-electron chi connectivity index (χ4n) is 2.10. The third-order valence-electron chi connectivity index (χ3n) is 3.52. The predicted molar refractivity (Wildman–Crippen MR) is 92.6 cm³/mol. The molecule has 2 aromatic carbocycles. The van der Waals surface area contributed by atoms with Gasteiger partial charge in [0, 0.05) is 23.1 Å². The molecule has 0 heterocycles. The van der Waals surface area contributed by atoms with Crippen molar-refractivity contribution in [1.29, 1.82) is 0 Å². The van der Waals surface area contributed by atoms with E-state index in [0.717, 1.165) is 16.9 Å². The van der Waals surface area contributed by atoms with E-state index in [1.807, 2.05) is 54.6 Å². The fraction of sp³-hybridized carbons (Fsp3) is 0.278. The van der Waals surface area contributed by atoms with Crippen LogP contribution in [-0.2, 0) is 27.9 Å². The maximum atomic E-state index is 12.4. The van der Waals surface area contributed by atoms with E-state index in [1.54, 1.807) is 14.0 Å². The van der Waals surface area contributed by atoms with E-state index in [2.05, 4.69) is 5.32 Å². The highest BCUT2D eigenvalue weighted by Gasteiger charge is 2.20. The van der Waals surface area contributed by atoms with Crippen molar-refractivity contribution in [2.75, 3.05) is 7.11 Å². The van der Waals surface area contributed by atoms with E-state index in [4.69, 9.17) is 4.74 Å². The number of carbonyl (C=O) groups excluding carboxylic acids is 1. The van der Waals surface area contributed by atoms with Crippen molar-refractivity contribution in [1.82, 2.24) is 5.32 Å². The highest BCUT2D eigenvalue weighted by Crippen LogP contribution is 2.15. The normalized spacial score (nSPS) is 13.1. The molecule has 0 saturated carbocycles. The lowest BCUT2D eigenvalue weighted by Crippen LogP contribution is -2.35. The van der Waals surface area contributed by atoms with Gasteiger partial charge in [-0.25, -0.2) is 0 Å². The van der Waals surface area contributed by atoms with Gasteiger partial charge >= 0.3 is 0 Å². The van der Waals surface area contributed by atoms with Gasteiger partial charge < -0.3 is 10.1 Å². The van der Waals surface area contributed by atoms with Crippen LogP contribution in [-0.4, -0.2) is 22.5 Å². The molecular weight excluding hydrogens is 310 g/mol. The zero-order valence-electron chi connectivity index (χ0n) is 13.3. The average molecular weight is 331 g/mol. The number of benzene rings is 2. The fourth-order valence-corrected chi connectivity index (χ4v) is 3.18. The van der Waals surface area contributed by atoms with Gasteiger partial charge in [-0.05, 0) is 30.2 Å². The lowest BCUT2D eigenvalue weighted by molar-refractivity contribution is -0.120. The molecule has 0 saturated heterocycles. The van der Waals surface area contributed by atoms with Gasteiger partial charge in [-0.2, -0.15) is 0 Å². The first-order valence-electron chi connectivity index (χ1n) is 7.42. The van der Waals surface area contributed by atoms with E-state index < -0.39 is 16.0 Å². The number of carbonyl (C=O) groups is 1. The highest BCUT2D eigenvalue weighted by atomic mass is 32.2. The topological polar surface area (TPSA) is 55.4 Å². The van der Waals surface area contributed by atoms with Crippen LogP contribution in [0.25, 0.3) is 0 Å². The Kier molecular flexibility index (Phi) is 6.35. The van der Waals surface area contributed by atoms with Crippen molar-refractivity contribution in [2.24, 2.45) is 0 Å². The van der Waals surface area contributed by atoms with Gasteiger partial charge in [0.25, 0.3) is 0 Å². The second-order valence-electron chi connectivity index (χ2n) is 5.22. The van der Waals surface area contributed by atoms with Gasteiger partial charge in [-0.3, -0.25) is 9.00 Å². The molecule has 2 rings (SSSR count). The van der Waals surface area contributed by atoms with Gasteiger partial charge in [0.1, 0.15) is 11.0 Å². The van der Waals surface area contributed by atoms with Crippen LogP contribution >= 0.6 is 0 Å². The smallest absolute Gasteiger partial charge is 0.235 e. The summed E-state index contributed by atoms with van der Waals surface area (Å²) in [5, 5.41) is 2.27. The van der Waals surface area contributed by atoms with Crippen LogP contribution in [0.4, 0.5) is 0 Å². The first kappa shape index (κ1) is 17.2. The number of nitrogens with one attached hydrogen (secondary N) is 1. The number of rotatable bonds is 7. The van der Waals surface area contributed by atoms with Crippen LogP contribution in [0.15, 0.2) is 54.6 Å². The highest BCUT2D eigenvalue weighted by molar-refractivity contribution is 7.85. The quantitative estimate of drug-likeness (QED) is 0.848. The van der Waals surface area contributed by atoms with Gasteiger partial charge in [-0.1, -0.05) is 42.5 Å². The Morgan fingerprint density at radius 2 is 1.83 bits per heavy atom. The minimum absolute atomic E-state index is 0.199. The van der Waals surface area contributed by atoms with Crippen LogP contribution in [0.2, 0.25) is 0 Å². The molecule has 2 aromatic rings. The van der Waals surface area contributed by atoms with Crippen molar-refractivity contribution in [3.05, 3.63) is 65.7 Å². The van der Waals surface area contributed by atoms with Crippen molar-refractivity contribution in [3.8, 4) is 5.75 Å². The molecular formula is C18H21NO3S. The molecule has 0 radical (unpaired) electrons. The molecule has 2 atom stereocenters. The first-order chi connectivity index (χ1) is 11.1. The van der Waals surface area contributed by atoms with Crippen molar-refractivity contribution in [3.63, 3.8) is 0 Å². The Labute approximate surface area is 139 Å². The van der Waals surface area contributed by atoms with E-state index >= 15 is 0 Å². The first-order valence-corrected chi connectivity index (χ1v) is 8.80. The summed E-state index contributed by atoms with van der Waals surface area (Å²) in [7, 11) is 0.311. The second-order valence-corrected chi connectivity index (χ2v) is 6.98. The monoisotopic (exact) mass is 331 g/mol. The lowest BCUT2D eigenvalue weighted by Gasteiger charge is -2.12. The van der Waals surface area contributed by atoms with Crippen LogP contribution in [0.3, 0.4) is 0 Å². The Hall–Kier alpha value is -2.14. The molecule has 5 heteroatoms. The van der Waals surface area contributed by atoms with Crippen molar-refractivity contribution >= 4 is 16.7 Å². The van der Waals surface area contributed by atoms with Gasteiger partial charge in [0.2, 0.25) is 5.91 Å². The Balaban J connectivity index is 1.89. The lowest BCUT2D eigenvalue weighted by atomic mass is 10.2. The molecule has 0 aromatic heterocycles. The van der Waals surface area contributed by atoms with E-state index in [0.29, 0.717) is 12.3 Å². The van der Waals surface area contributed by atoms with Gasteiger partial charge in [0.05, 0.1) is 7.11 Å². The van der Waals surface area contributed by atoms with Crippen molar-refractivity contribution in [2.45, 2.75) is 24.5 Å². The number of hydrogen-bond donors (Lipinski definition) is 1. The zero-order valence-corrected chi connectivity index (χ0v) is 14.1. The molecule has 0 spiro atoms. The average Bonchev–Trinajstić information content (AvgIpc) is 2.60. The summed E-state index contributed by atoms with van der Waals surface area (Å²) in [6.45, 7) is 2.14. The third kappa shape index (κ3) is 5.21. The molecule has 0 fully saturated rings. The van der Waals surface area contributed by atoms with Crippen LogP contribution < -0.4 is 10.1 Å². The summed E-state index contributed by atoms with van der Waals surface area (Å²) in [6, 6.07) is 17.1. The number of hydrogen-bond acceptors (Lipinski definition) is 3. The summed E-state index contributed by atoms with van der Waals surface area (Å²) < 4.78 is 17.5. The number of methoxy groups -OCH3 is 1. The zero-order chi connectivity index (χ0) is 16.7. The Morgan fingerprint density at radius 3 is 2.52 bits per heavy atom. The molecule has 0 aliphatic rings. The third-order valence-corrected chi connectivity index (χ3v) is 5.14. The summed E-state index contributed by atoms with van der Waals surface area (Å²) >= 11 is 0. The molecule has 0 aliphatic heterocycles. The minimum atomic E-state index is -1.28. The SMILES string of the molecule is COc1cccc(CS(=O)C(C)C(=O)NCc2ccccc2)c1. The standard InChI is InChI=1S/C18H21NO3S/c1-14(18(20)19-12-15-7-4-3-5-8-15)23(21)13-16-9-6-10-17(11-16)22-2/h3-11,14H,12-13H2,1-2H3,(H,19,20). The summed E-state index contributed by atoms with van der Waals surface area (Å²) in [4.78, 5) is 12.1.